The fourth-order valence-corrected chi connectivity index (χ4v) is 0.977. The molecule has 0 bridgehead atoms. The van der Waals surface area contributed by atoms with Crippen molar-refractivity contribution in [2.75, 3.05) is 0 Å². The van der Waals surface area contributed by atoms with Crippen LogP contribution in [0, 0.1) is 33.4 Å². The maximum atomic E-state index is 12.9. The van der Waals surface area contributed by atoms with E-state index >= 15 is 0 Å². The Bertz CT molecular complexity index is 429. The first-order valence-electron chi connectivity index (χ1n) is 3.54. The molecule has 0 atom stereocenters. The van der Waals surface area contributed by atoms with Gasteiger partial charge in [-0.1, -0.05) is 12.7 Å². The van der Waals surface area contributed by atoms with Crippen LogP contribution in [-0.4, -0.2) is 4.92 Å². The molecule has 0 unspecified atom stereocenters. The van der Waals surface area contributed by atoms with Crippen molar-refractivity contribution in [1.82, 2.24) is 0 Å². The largest absolute Gasteiger partial charge is 0.346 e. The van der Waals surface area contributed by atoms with Crippen LogP contribution in [0.15, 0.2) is 6.58 Å². The Morgan fingerprint density at radius 3 is 1.73 bits per heavy atom. The van der Waals surface area contributed by atoms with Crippen LogP contribution in [0.5, 0.6) is 0 Å². The molecule has 0 saturated carbocycles. The molecular weight excluding hydrogens is 218 g/mol. The van der Waals surface area contributed by atoms with E-state index in [-0.39, 0.29) is 0 Å². The van der Waals surface area contributed by atoms with Gasteiger partial charge >= 0.3 is 5.69 Å². The van der Waals surface area contributed by atoms with E-state index in [0.29, 0.717) is 6.08 Å². The van der Waals surface area contributed by atoms with Crippen LogP contribution < -0.4 is 0 Å². The van der Waals surface area contributed by atoms with Gasteiger partial charge in [-0.25, -0.2) is 8.78 Å². The zero-order chi connectivity index (χ0) is 11.7. The van der Waals surface area contributed by atoms with Crippen molar-refractivity contribution in [3.05, 3.63) is 45.5 Å². The Balaban J connectivity index is 3.74. The molecule has 7 heteroatoms. The van der Waals surface area contributed by atoms with E-state index in [1.807, 2.05) is 0 Å². The summed E-state index contributed by atoms with van der Waals surface area (Å²) in [5, 5.41) is 10.1. The summed E-state index contributed by atoms with van der Waals surface area (Å²) in [5.41, 5.74) is -2.92. The van der Waals surface area contributed by atoms with Crippen molar-refractivity contribution >= 4 is 11.8 Å². The molecule has 0 N–H and O–H groups in total. The van der Waals surface area contributed by atoms with Gasteiger partial charge in [-0.05, 0) is 0 Å². The summed E-state index contributed by atoms with van der Waals surface area (Å²) in [6, 6.07) is 0. The number of rotatable bonds is 2. The summed E-state index contributed by atoms with van der Waals surface area (Å²) in [6.07, 6.45) is 0.528. The van der Waals surface area contributed by atoms with E-state index in [2.05, 4.69) is 6.58 Å². The fourth-order valence-electron chi connectivity index (χ4n) is 0.977. The molecule has 80 valence electrons. The molecule has 15 heavy (non-hydrogen) atoms. The molecule has 3 nitrogen and oxygen atoms in total. The standard InChI is InChI=1S/C8H3F4NO2/c1-2-3-4(9)6(11)8(13(14)15)7(12)5(3)10/h2H,1H2. The molecule has 0 aromatic heterocycles. The van der Waals surface area contributed by atoms with E-state index in [9.17, 15) is 27.7 Å². The Hall–Kier alpha value is -1.92. The Morgan fingerprint density at radius 2 is 1.47 bits per heavy atom. The second-order valence-electron chi connectivity index (χ2n) is 2.48. The van der Waals surface area contributed by atoms with Crippen LogP contribution >= 0.6 is 0 Å². The number of hydrogen-bond acceptors (Lipinski definition) is 2. The second-order valence-corrected chi connectivity index (χ2v) is 2.48. The quantitative estimate of drug-likeness (QED) is 0.333. The van der Waals surface area contributed by atoms with Gasteiger partial charge in [0.25, 0.3) is 0 Å². The monoisotopic (exact) mass is 221 g/mol. The van der Waals surface area contributed by atoms with Crippen molar-refractivity contribution in [2.45, 2.75) is 0 Å². The molecule has 0 radical (unpaired) electrons. The molecule has 0 heterocycles. The molecule has 0 aliphatic rings. The first-order valence-corrected chi connectivity index (χ1v) is 3.54. The molecule has 1 aromatic carbocycles. The van der Waals surface area contributed by atoms with E-state index in [0.717, 1.165) is 0 Å². The molecule has 0 aliphatic heterocycles. The van der Waals surface area contributed by atoms with E-state index in [1.54, 1.807) is 0 Å². The molecular formula is C8H3F4NO2. The zero-order valence-electron chi connectivity index (χ0n) is 7.06. The molecule has 0 fully saturated rings. The highest BCUT2D eigenvalue weighted by Crippen LogP contribution is 2.29. The van der Waals surface area contributed by atoms with Crippen molar-refractivity contribution in [3.63, 3.8) is 0 Å². The lowest BCUT2D eigenvalue weighted by Gasteiger charge is -2.03. The summed E-state index contributed by atoms with van der Waals surface area (Å²) in [7, 11) is 0. The maximum absolute atomic E-state index is 12.9. The summed E-state index contributed by atoms with van der Waals surface area (Å²) < 4.78 is 51.6. The second kappa shape index (κ2) is 3.68. The average Bonchev–Trinajstić information content (AvgIpc) is 2.16. The van der Waals surface area contributed by atoms with Gasteiger partial charge in [0.2, 0.25) is 11.6 Å². The predicted molar refractivity (Wildman–Crippen MR) is 43.0 cm³/mol. The van der Waals surface area contributed by atoms with Gasteiger partial charge in [-0.15, -0.1) is 0 Å². The minimum atomic E-state index is -2.05. The molecule has 1 aromatic rings. The number of halogens is 4. The normalized spacial score (nSPS) is 10.1. The van der Waals surface area contributed by atoms with Crippen LogP contribution in [0.25, 0.3) is 6.08 Å². The third-order valence-electron chi connectivity index (χ3n) is 1.66. The lowest BCUT2D eigenvalue weighted by molar-refractivity contribution is -0.390. The summed E-state index contributed by atoms with van der Waals surface area (Å²) in [5.74, 6) is -7.77. The van der Waals surface area contributed by atoms with Crippen molar-refractivity contribution in [3.8, 4) is 0 Å². The highest BCUT2D eigenvalue weighted by Gasteiger charge is 2.31. The Labute approximate surface area is 80.8 Å². The average molecular weight is 221 g/mol. The van der Waals surface area contributed by atoms with Gasteiger partial charge in [0.1, 0.15) is 0 Å². The van der Waals surface area contributed by atoms with Gasteiger partial charge in [0, 0.05) is 0 Å². The smallest absolute Gasteiger partial charge is 0.258 e. The van der Waals surface area contributed by atoms with Crippen LogP contribution in [0.1, 0.15) is 5.56 Å². The first kappa shape index (κ1) is 11.2. The van der Waals surface area contributed by atoms with E-state index in [1.165, 1.54) is 0 Å². The minimum Gasteiger partial charge on any atom is -0.258 e. The zero-order valence-corrected chi connectivity index (χ0v) is 7.06. The van der Waals surface area contributed by atoms with Crippen LogP contribution in [0.3, 0.4) is 0 Å². The summed E-state index contributed by atoms with van der Waals surface area (Å²) in [4.78, 5) is 8.58. The molecule has 0 amide bonds. The molecule has 1 rings (SSSR count). The number of hydrogen-bond donors (Lipinski definition) is 0. The van der Waals surface area contributed by atoms with Gasteiger partial charge in [-0.2, -0.15) is 8.78 Å². The highest BCUT2D eigenvalue weighted by atomic mass is 19.2. The predicted octanol–water partition coefficient (Wildman–Crippen LogP) is 2.79. The van der Waals surface area contributed by atoms with Crippen molar-refractivity contribution in [1.29, 1.82) is 0 Å². The first-order chi connectivity index (χ1) is 6.91. The van der Waals surface area contributed by atoms with Gasteiger partial charge < -0.3 is 0 Å². The third-order valence-corrected chi connectivity index (χ3v) is 1.66. The summed E-state index contributed by atoms with van der Waals surface area (Å²) in [6.45, 7) is 2.93. The Kier molecular flexibility index (Phi) is 2.74. The highest BCUT2D eigenvalue weighted by molar-refractivity contribution is 5.53. The fraction of sp³-hybridized carbons (Fsp3) is 0. The minimum absolute atomic E-state index is 0.528. The lowest BCUT2D eigenvalue weighted by atomic mass is 10.1. The molecule has 0 saturated heterocycles. The third kappa shape index (κ3) is 1.56. The number of benzene rings is 1. The maximum Gasteiger partial charge on any atom is 0.346 e. The Morgan fingerprint density at radius 1 is 1.07 bits per heavy atom. The molecule has 0 aliphatic carbocycles. The van der Waals surface area contributed by atoms with Crippen LogP contribution in [0.2, 0.25) is 0 Å². The number of nitro groups is 1. The lowest BCUT2D eigenvalue weighted by Crippen LogP contribution is -2.05. The van der Waals surface area contributed by atoms with E-state index < -0.39 is 39.4 Å². The van der Waals surface area contributed by atoms with E-state index in [4.69, 9.17) is 0 Å². The van der Waals surface area contributed by atoms with Gasteiger partial charge in [-0.3, -0.25) is 10.1 Å². The number of nitrogens with zero attached hydrogens (tertiary/aromatic N) is 1. The topological polar surface area (TPSA) is 43.1 Å². The van der Waals surface area contributed by atoms with Crippen LogP contribution in [-0.2, 0) is 0 Å². The van der Waals surface area contributed by atoms with Crippen molar-refractivity contribution in [2.24, 2.45) is 0 Å². The van der Waals surface area contributed by atoms with Gasteiger partial charge in [0.05, 0.1) is 10.5 Å². The number of nitro benzene ring substituents is 1. The summed E-state index contributed by atoms with van der Waals surface area (Å²) >= 11 is 0. The van der Waals surface area contributed by atoms with Gasteiger partial charge in [0.15, 0.2) is 11.6 Å². The SMILES string of the molecule is C=Cc1c(F)c(F)c([N+](=O)[O-])c(F)c1F. The van der Waals surface area contributed by atoms with Crippen molar-refractivity contribution < 1.29 is 22.5 Å². The van der Waals surface area contributed by atoms with Crippen LogP contribution in [0.4, 0.5) is 23.2 Å². The molecule has 0 spiro atoms.